The molecule has 1 N–H and O–H groups in total. The molecule has 16 heavy (non-hydrogen) atoms. The highest BCUT2D eigenvalue weighted by Gasteiger charge is 2.16. The first-order valence-corrected chi connectivity index (χ1v) is 5.77. The van der Waals surface area contributed by atoms with E-state index in [9.17, 15) is 0 Å². The smallest absolute Gasteiger partial charge is 0.170 e. The van der Waals surface area contributed by atoms with Gasteiger partial charge in [-0.25, -0.2) is 4.98 Å². The van der Waals surface area contributed by atoms with Crippen LogP contribution in [-0.4, -0.2) is 38.3 Å². The van der Waals surface area contributed by atoms with Crippen LogP contribution in [0.2, 0.25) is 0 Å². The molecule has 0 aliphatic carbocycles. The second kappa shape index (κ2) is 5.16. The van der Waals surface area contributed by atoms with Gasteiger partial charge in [0.25, 0.3) is 0 Å². The molecule has 0 atom stereocenters. The minimum atomic E-state index is 0.323. The molecule has 0 radical (unpaired) electrons. The summed E-state index contributed by atoms with van der Waals surface area (Å²) in [5.74, 6) is 1.79. The second-order valence-electron chi connectivity index (χ2n) is 4.29. The highest BCUT2D eigenvalue weighted by molar-refractivity contribution is 5.50. The topological polar surface area (TPSA) is 37.4 Å². The molecule has 88 valence electrons. The third-order valence-corrected chi connectivity index (χ3v) is 2.75. The van der Waals surface area contributed by atoms with Crippen molar-refractivity contribution in [3.63, 3.8) is 0 Å². The fourth-order valence-corrected chi connectivity index (χ4v) is 1.90. The van der Waals surface area contributed by atoms with Gasteiger partial charge in [-0.05, 0) is 38.1 Å². The average Bonchev–Trinajstić information content (AvgIpc) is 2.31. The summed E-state index contributed by atoms with van der Waals surface area (Å²) in [4.78, 5) is 6.31. The maximum atomic E-state index is 6.00. The molecule has 0 aromatic carbocycles. The number of anilines is 1. The largest absolute Gasteiger partial charge is 0.486 e. The number of pyridine rings is 1. The van der Waals surface area contributed by atoms with Crippen LogP contribution in [0.4, 0.5) is 5.82 Å². The van der Waals surface area contributed by atoms with Gasteiger partial charge in [0.15, 0.2) is 11.6 Å². The first-order chi connectivity index (χ1) is 7.77. The first-order valence-electron chi connectivity index (χ1n) is 5.77. The summed E-state index contributed by atoms with van der Waals surface area (Å²) in [5.41, 5.74) is 0. The number of hydrogen-bond donors (Lipinski definition) is 1. The van der Waals surface area contributed by atoms with Crippen LogP contribution < -0.4 is 15.0 Å². The van der Waals surface area contributed by atoms with Crippen molar-refractivity contribution in [2.24, 2.45) is 0 Å². The van der Waals surface area contributed by atoms with E-state index in [0.717, 1.165) is 37.5 Å². The molecular weight excluding hydrogens is 202 g/mol. The Morgan fingerprint density at radius 1 is 1.38 bits per heavy atom. The molecule has 1 saturated heterocycles. The van der Waals surface area contributed by atoms with Crippen LogP contribution in [0.25, 0.3) is 0 Å². The Hall–Kier alpha value is -1.29. The molecule has 2 heterocycles. The zero-order valence-corrected chi connectivity index (χ0v) is 9.94. The minimum absolute atomic E-state index is 0.323. The Morgan fingerprint density at radius 2 is 2.12 bits per heavy atom. The summed E-state index contributed by atoms with van der Waals surface area (Å²) in [5, 5.41) is 3.33. The number of ether oxygens (including phenoxy) is 1. The number of nitrogens with zero attached hydrogens (tertiary/aromatic N) is 2. The van der Waals surface area contributed by atoms with Gasteiger partial charge in [0.1, 0.15) is 6.10 Å². The lowest BCUT2D eigenvalue weighted by Gasteiger charge is -2.25. The van der Waals surface area contributed by atoms with E-state index in [-0.39, 0.29) is 0 Å². The van der Waals surface area contributed by atoms with E-state index in [0.29, 0.717) is 6.10 Å². The molecule has 4 nitrogen and oxygen atoms in total. The zero-order chi connectivity index (χ0) is 11.4. The van der Waals surface area contributed by atoms with Crippen molar-refractivity contribution >= 4 is 5.82 Å². The Bertz CT molecular complexity index is 335. The van der Waals surface area contributed by atoms with Gasteiger partial charge in [0.2, 0.25) is 0 Å². The molecule has 1 aromatic heterocycles. The predicted octanol–water partition coefficient (Wildman–Crippen LogP) is 1.28. The van der Waals surface area contributed by atoms with E-state index in [1.165, 1.54) is 0 Å². The highest BCUT2D eigenvalue weighted by Crippen LogP contribution is 2.25. The quantitative estimate of drug-likeness (QED) is 0.834. The van der Waals surface area contributed by atoms with Crippen LogP contribution in [0.1, 0.15) is 12.8 Å². The molecule has 4 heteroatoms. The van der Waals surface area contributed by atoms with Gasteiger partial charge in [-0.1, -0.05) is 0 Å². The average molecular weight is 221 g/mol. The molecule has 0 bridgehead atoms. The SMILES string of the molecule is CN(C)c1ncccc1OC1CCNCC1. The van der Waals surface area contributed by atoms with Crippen LogP contribution in [-0.2, 0) is 0 Å². The lowest BCUT2D eigenvalue weighted by atomic mass is 10.1. The Balaban J connectivity index is 2.07. The summed E-state index contributed by atoms with van der Waals surface area (Å²) < 4.78 is 6.00. The third-order valence-electron chi connectivity index (χ3n) is 2.75. The molecule has 0 amide bonds. The van der Waals surface area contributed by atoms with E-state index in [1.807, 2.05) is 31.1 Å². The van der Waals surface area contributed by atoms with Crippen LogP contribution in [0.5, 0.6) is 5.75 Å². The van der Waals surface area contributed by atoms with Gasteiger partial charge in [-0.2, -0.15) is 0 Å². The third kappa shape index (κ3) is 2.64. The first kappa shape index (κ1) is 11.2. The summed E-state index contributed by atoms with van der Waals surface area (Å²) in [6.07, 6.45) is 4.26. The Morgan fingerprint density at radius 3 is 2.81 bits per heavy atom. The van der Waals surface area contributed by atoms with Crippen molar-refractivity contribution in [1.82, 2.24) is 10.3 Å². The second-order valence-corrected chi connectivity index (χ2v) is 4.29. The maximum absolute atomic E-state index is 6.00. The Labute approximate surface area is 96.6 Å². The van der Waals surface area contributed by atoms with Gasteiger partial charge >= 0.3 is 0 Å². The maximum Gasteiger partial charge on any atom is 0.170 e. The molecule has 2 rings (SSSR count). The number of rotatable bonds is 3. The van der Waals surface area contributed by atoms with E-state index >= 15 is 0 Å². The van der Waals surface area contributed by atoms with E-state index in [1.54, 1.807) is 6.20 Å². The predicted molar refractivity (Wildman–Crippen MR) is 65.1 cm³/mol. The summed E-state index contributed by atoms with van der Waals surface area (Å²) in [6.45, 7) is 2.09. The summed E-state index contributed by atoms with van der Waals surface area (Å²) in [7, 11) is 3.97. The summed E-state index contributed by atoms with van der Waals surface area (Å²) in [6, 6.07) is 3.91. The molecule has 0 spiro atoms. The van der Waals surface area contributed by atoms with Gasteiger partial charge in [-0.3, -0.25) is 0 Å². The van der Waals surface area contributed by atoms with E-state index < -0.39 is 0 Å². The lowest BCUT2D eigenvalue weighted by molar-refractivity contribution is 0.162. The van der Waals surface area contributed by atoms with Crippen molar-refractivity contribution < 1.29 is 4.74 Å². The van der Waals surface area contributed by atoms with Gasteiger partial charge in [-0.15, -0.1) is 0 Å². The fourth-order valence-electron chi connectivity index (χ4n) is 1.90. The molecule has 1 aliphatic rings. The van der Waals surface area contributed by atoms with Crippen LogP contribution in [0.15, 0.2) is 18.3 Å². The highest BCUT2D eigenvalue weighted by atomic mass is 16.5. The van der Waals surface area contributed by atoms with Crippen LogP contribution >= 0.6 is 0 Å². The standard InChI is InChI=1S/C12H19N3O/c1-15(2)12-11(4-3-7-14-12)16-10-5-8-13-9-6-10/h3-4,7,10,13H,5-6,8-9H2,1-2H3. The van der Waals surface area contributed by atoms with Gasteiger partial charge in [0, 0.05) is 20.3 Å². The van der Waals surface area contributed by atoms with Crippen molar-refractivity contribution in [1.29, 1.82) is 0 Å². The molecule has 1 aliphatic heterocycles. The molecular formula is C12H19N3O. The van der Waals surface area contributed by atoms with Crippen molar-refractivity contribution in [3.8, 4) is 5.75 Å². The van der Waals surface area contributed by atoms with Crippen molar-refractivity contribution in [2.45, 2.75) is 18.9 Å². The Kier molecular flexibility index (Phi) is 3.62. The monoisotopic (exact) mass is 221 g/mol. The van der Waals surface area contributed by atoms with Crippen molar-refractivity contribution in [3.05, 3.63) is 18.3 Å². The van der Waals surface area contributed by atoms with Gasteiger partial charge < -0.3 is 15.0 Å². The lowest BCUT2D eigenvalue weighted by Crippen LogP contribution is -2.34. The number of piperidine rings is 1. The number of aromatic nitrogens is 1. The molecule has 1 aromatic rings. The molecule has 1 fully saturated rings. The minimum Gasteiger partial charge on any atom is -0.486 e. The summed E-state index contributed by atoms with van der Waals surface area (Å²) >= 11 is 0. The fraction of sp³-hybridized carbons (Fsp3) is 0.583. The van der Waals surface area contributed by atoms with Gasteiger partial charge in [0.05, 0.1) is 0 Å². The molecule has 0 unspecified atom stereocenters. The van der Waals surface area contributed by atoms with Crippen LogP contribution in [0, 0.1) is 0 Å². The zero-order valence-electron chi connectivity index (χ0n) is 9.94. The number of hydrogen-bond acceptors (Lipinski definition) is 4. The normalized spacial score (nSPS) is 17.1. The molecule has 0 saturated carbocycles. The van der Waals surface area contributed by atoms with Crippen LogP contribution in [0.3, 0.4) is 0 Å². The van der Waals surface area contributed by atoms with Crippen molar-refractivity contribution in [2.75, 3.05) is 32.1 Å². The number of nitrogens with one attached hydrogen (secondary N) is 1. The van der Waals surface area contributed by atoms with E-state index in [2.05, 4.69) is 10.3 Å². The van der Waals surface area contributed by atoms with E-state index in [4.69, 9.17) is 4.74 Å².